The van der Waals surface area contributed by atoms with Crippen molar-refractivity contribution in [1.29, 1.82) is 0 Å². The van der Waals surface area contributed by atoms with E-state index in [1.165, 1.54) is 17.4 Å². The summed E-state index contributed by atoms with van der Waals surface area (Å²) in [6.45, 7) is 7.63. The molecule has 0 spiro atoms. The number of anilines is 1. The van der Waals surface area contributed by atoms with Gasteiger partial charge in [0.1, 0.15) is 17.3 Å². The molecule has 1 heterocycles. The number of benzene rings is 2. The van der Waals surface area contributed by atoms with E-state index >= 15 is 0 Å². The molecule has 1 fully saturated rings. The Balaban J connectivity index is 1.88. The molecular formula is C19H20FNO3. The fourth-order valence-corrected chi connectivity index (χ4v) is 2.41. The zero-order valence-electron chi connectivity index (χ0n) is 14.0. The second-order valence-corrected chi connectivity index (χ2v) is 6.18. The molecular weight excluding hydrogens is 309 g/mol. The van der Waals surface area contributed by atoms with Crippen molar-refractivity contribution in [2.45, 2.75) is 25.9 Å². The molecule has 0 radical (unpaired) electrons. The first-order valence-corrected chi connectivity index (χ1v) is 7.67. The van der Waals surface area contributed by atoms with Crippen molar-refractivity contribution < 1.29 is 18.8 Å². The van der Waals surface area contributed by atoms with E-state index in [0.29, 0.717) is 23.6 Å². The maximum Gasteiger partial charge on any atom is 0.162 e. The summed E-state index contributed by atoms with van der Waals surface area (Å²) in [5.74, 6) is 0.908. The lowest BCUT2D eigenvalue weighted by atomic mass is 10.0. The van der Waals surface area contributed by atoms with Crippen LogP contribution >= 0.6 is 0 Å². The number of methoxy groups -OCH3 is 1. The third-order valence-corrected chi connectivity index (χ3v) is 3.94. The molecule has 0 aromatic heterocycles. The van der Waals surface area contributed by atoms with Crippen LogP contribution in [-0.4, -0.2) is 12.7 Å². The fraction of sp³-hybridized carbons (Fsp3) is 0.263. The summed E-state index contributed by atoms with van der Waals surface area (Å²) in [7, 11) is 1.59. The van der Waals surface area contributed by atoms with E-state index in [4.69, 9.17) is 14.4 Å². The molecule has 0 aliphatic carbocycles. The molecule has 0 saturated carbocycles. The van der Waals surface area contributed by atoms with E-state index in [9.17, 15) is 4.39 Å². The fourth-order valence-electron chi connectivity index (χ4n) is 2.41. The molecule has 0 atom stereocenters. The van der Waals surface area contributed by atoms with E-state index < -0.39 is 5.60 Å². The molecule has 0 amide bonds. The van der Waals surface area contributed by atoms with E-state index in [1.807, 2.05) is 32.0 Å². The van der Waals surface area contributed by atoms with Crippen molar-refractivity contribution in [3.05, 3.63) is 71.7 Å². The zero-order chi connectivity index (χ0) is 17.3. The smallest absolute Gasteiger partial charge is 0.162 e. The first-order chi connectivity index (χ1) is 11.4. The predicted molar refractivity (Wildman–Crippen MR) is 90.1 cm³/mol. The molecule has 2 aromatic rings. The van der Waals surface area contributed by atoms with Gasteiger partial charge in [0.2, 0.25) is 0 Å². The average Bonchev–Trinajstić information content (AvgIpc) is 2.83. The van der Waals surface area contributed by atoms with Crippen molar-refractivity contribution in [3.8, 4) is 5.75 Å². The highest BCUT2D eigenvalue weighted by molar-refractivity contribution is 5.58. The minimum absolute atomic E-state index is 0.242. The van der Waals surface area contributed by atoms with Gasteiger partial charge in [0.25, 0.3) is 0 Å². The Morgan fingerprint density at radius 3 is 2.38 bits per heavy atom. The maximum absolute atomic E-state index is 13.0. The lowest BCUT2D eigenvalue weighted by Crippen LogP contribution is -2.24. The first-order valence-electron chi connectivity index (χ1n) is 7.67. The standard InChI is InChI=1S/C19H20FNO3/c1-13-19(2,3)24-21(23-13)17-12-15(7-10-18(17)22-4)11-14-5-8-16(20)9-6-14/h5-10,12H,1,11H2,2-4H3. The van der Waals surface area contributed by atoms with Crippen LogP contribution in [0.5, 0.6) is 5.75 Å². The minimum atomic E-state index is -0.613. The van der Waals surface area contributed by atoms with Crippen LogP contribution in [0.3, 0.4) is 0 Å². The monoisotopic (exact) mass is 329 g/mol. The summed E-state index contributed by atoms with van der Waals surface area (Å²) in [5, 5.41) is 1.33. The molecule has 1 aliphatic heterocycles. The van der Waals surface area contributed by atoms with Crippen LogP contribution in [0.2, 0.25) is 0 Å². The Kier molecular flexibility index (Phi) is 4.20. The Hall–Kier alpha value is -2.53. The molecule has 5 heteroatoms. The molecule has 1 aliphatic rings. The van der Waals surface area contributed by atoms with Gasteiger partial charge in [-0.1, -0.05) is 30.0 Å². The molecule has 126 valence electrons. The summed E-state index contributed by atoms with van der Waals surface area (Å²) >= 11 is 0. The van der Waals surface area contributed by atoms with Gasteiger partial charge in [-0.05, 0) is 55.7 Å². The number of halogens is 1. The first kappa shape index (κ1) is 16.3. The molecule has 3 rings (SSSR count). The van der Waals surface area contributed by atoms with Crippen molar-refractivity contribution in [3.63, 3.8) is 0 Å². The highest BCUT2D eigenvalue weighted by Crippen LogP contribution is 2.39. The molecule has 0 bridgehead atoms. The van der Waals surface area contributed by atoms with Gasteiger partial charge >= 0.3 is 0 Å². The van der Waals surface area contributed by atoms with E-state index in [-0.39, 0.29) is 5.82 Å². The largest absolute Gasteiger partial charge is 0.494 e. The minimum Gasteiger partial charge on any atom is -0.494 e. The van der Waals surface area contributed by atoms with Crippen LogP contribution in [0, 0.1) is 5.82 Å². The van der Waals surface area contributed by atoms with E-state index in [2.05, 4.69) is 6.58 Å². The van der Waals surface area contributed by atoms with Crippen molar-refractivity contribution >= 4 is 5.69 Å². The summed E-state index contributed by atoms with van der Waals surface area (Å²) in [4.78, 5) is 11.4. The quantitative estimate of drug-likeness (QED) is 0.832. The average molecular weight is 329 g/mol. The molecule has 24 heavy (non-hydrogen) atoms. The summed E-state index contributed by atoms with van der Waals surface area (Å²) in [6.07, 6.45) is 0.662. The van der Waals surface area contributed by atoms with Crippen molar-refractivity contribution in [2.24, 2.45) is 0 Å². The molecule has 0 unspecified atom stereocenters. The Labute approximate surface area is 141 Å². The van der Waals surface area contributed by atoms with Crippen molar-refractivity contribution in [2.75, 3.05) is 12.3 Å². The second-order valence-electron chi connectivity index (χ2n) is 6.18. The summed E-state index contributed by atoms with van der Waals surface area (Å²) in [6, 6.07) is 12.2. The zero-order valence-corrected chi connectivity index (χ0v) is 14.0. The maximum atomic E-state index is 13.0. The van der Waals surface area contributed by atoms with E-state index in [0.717, 1.165) is 11.1 Å². The topological polar surface area (TPSA) is 30.9 Å². The number of hydrogen-bond donors (Lipinski definition) is 0. The summed E-state index contributed by atoms with van der Waals surface area (Å²) < 4.78 is 18.4. The van der Waals surface area contributed by atoms with Gasteiger partial charge in [-0.15, -0.1) is 0 Å². The van der Waals surface area contributed by atoms with Gasteiger partial charge in [-0.25, -0.2) is 9.23 Å². The van der Waals surface area contributed by atoms with Gasteiger partial charge in [-0.2, -0.15) is 0 Å². The Morgan fingerprint density at radius 2 is 1.79 bits per heavy atom. The molecule has 2 aromatic carbocycles. The molecule has 1 saturated heterocycles. The SMILES string of the molecule is C=C1ON(c2cc(Cc3ccc(F)cc3)ccc2OC)OC1(C)C. The van der Waals surface area contributed by atoms with Gasteiger partial charge in [0, 0.05) is 0 Å². The predicted octanol–water partition coefficient (Wildman–Crippen LogP) is 4.40. The van der Waals surface area contributed by atoms with Gasteiger partial charge < -0.3 is 9.57 Å². The van der Waals surface area contributed by atoms with Crippen LogP contribution < -0.4 is 9.96 Å². The molecule has 0 N–H and O–H groups in total. The van der Waals surface area contributed by atoms with Crippen LogP contribution in [0.4, 0.5) is 10.1 Å². The van der Waals surface area contributed by atoms with Crippen LogP contribution in [0.25, 0.3) is 0 Å². The highest BCUT2D eigenvalue weighted by atomic mass is 19.1. The number of ether oxygens (including phenoxy) is 1. The highest BCUT2D eigenvalue weighted by Gasteiger charge is 2.39. The van der Waals surface area contributed by atoms with Crippen LogP contribution in [0.15, 0.2) is 54.8 Å². The van der Waals surface area contributed by atoms with E-state index in [1.54, 1.807) is 19.2 Å². The Bertz CT molecular complexity index is 756. The molecule has 4 nitrogen and oxygen atoms in total. The van der Waals surface area contributed by atoms with Crippen LogP contribution in [0.1, 0.15) is 25.0 Å². The van der Waals surface area contributed by atoms with Crippen LogP contribution in [-0.2, 0) is 16.1 Å². The van der Waals surface area contributed by atoms with Gasteiger partial charge in [-0.3, -0.25) is 0 Å². The lowest BCUT2D eigenvalue weighted by molar-refractivity contribution is -0.0237. The second kappa shape index (κ2) is 6.17. The van der Waals surface area contributed by atoms with Gasteiger partial charge in [0.05, 0.1) is 7.11 Å². The van der Waals surface area contributed by atoms with Gasteiger partial charge in [0.15, 0.2) is 11.4 Å². The normalized spacial score (nSPS) is 16.2. The van der Waals surface area contributed by atoms with Crippen molar-refractivity contribution in [1.82, 2.24) is 0 Å². The lowest BCUT2D eigenvalue weighted by Gasteiger charge is -2.19. The number of hydrogen-bond acceptors (Lipinski definition) is 4. The number of rotatable bonds is 4. The third kappa shape index (κ3) is 3.21. The Morgan fingerprint density at radius 1 is 1.12 bits per heavy atom. The number of nitrogens with zero attached hydrogens (tertiary/aromatic N) is 1. The summed E-state index contributed by atoms with van der Waals surface area (Å²) in [5.41, 5.74) is 2.09. The third-order valence-electron chi connectivity index (χ3n) is 3.94.